The molecule has 3 aromatic rings. The van der Waals surface area contributed by atoms with Crippen LogP contribution in [-0.4, -0.2) is 20.5 Å². The Morgan fingerprint density at radius 3 is 2.27 bits per heavy atom. The summed E-state index contributed by atoms with van der Waals surface area (Å²) in [6.07, 6.45) is 2.96. The molecule has 4 nitrogen and oxygen atoms in total. The van der Waals surface area contributed by atoms with Crippen LogP contribution in [0.2, 0.25) is 10.0 Å². The van der Waals surface area contributed by atoms with E-state index in [0.29, 0.717) is 15.6 Å². The third kappa shape index (κ3) is 3.04. The van der Waals surface area contributed by atoms with Crippen LogP contribution in [-0.2, 0) is 10.3 Å². The Morgan fingerprint density at radius 1 is 1.04 bits per heavy atom. The Kier molecular flexibility index (Phi) is 4.91. The van der Waals surface area contributed by atoms with Gasteiger partial charge in [0.1, 0.15) is 12.7 Å². The second kappa shape index (κ2) is 6.86. The van der Waals surface area contributed by atoms with Gasteiger partial charge < -0.3 is 0 Å². The second-order valence-electron chi connectivity index (χ2n) is 7.12. The number of aromatic nitrogens is 3. The lowest BCUT2D eigenvalue weighted by Gasteiger charge is -2.38. The normalized spacial score (nSPS) is 14.0. The number of Topliss-reactive ketones (excluding diaryl/α,β-unsaturated/α-hetero) is 1. The van der Waals surface area contributed by atoms with Crippen molar-refractivity contribution in [3.8, 4) is 0 Å². The molecule has 1 aromatic heterocycles. The van der Waals surface area contributed by atoms with Crippen LogP contribution >= 0.6 is 23.2 Å². The number of carbonyl (C=O) groups excluding carboxylic acids is 1. The minimum absolute atomic E-state index is 0.0501. The van der Waals surface area contributed by atoms with Gasteiger partial charge >= 0.3 is 0 Å². The highest BCUT2D eigenvalue weighted by Gasteiger charge is 2.50. The van der Waals surface area contributed by atoms with Crippen LogP contribution in [0.15, 0.2) is 61.2 Å². The maximum absolute atomic E-state index is 13.8. The fourth-order valence-corrected chi connectivity index (χ4v) is 3.70. The van der Waals surface area contributed by atoms with Gasteiger partial charge in [0.05, 0.1) is 0 Å². The Balaban J connectivity index is 2.46. The SMILES string of the molecule is CC(C)(C)C(=O)C(c1ccccc1)(c1ccc(Cl)cc1Cl)n1cncn1. The fourth-order valence-electron chi connectivity index (χ4n) is 3.16. The van der Waals surface area contributed by atoms with Crippen molar-refractivity contribution in [2.45, 2.75) is 26.3 Å². The second-order valence-corrected chi connectivity index (χ2v) is 7.96. The van der Waals surface area contributed by atoms with E-state index in [1.807, 2.05) is 51.1 Å². The first-order valence-electron chi connectivity index (χ1n) is 8.19. The molecule has 6 heteroatoms. The monoisotopic (exact) mass is 387 g/mol. The maximum Gasteiger partial charge on any atom is 0.174 e. The predicted octanol–water partition coefficient (Wildman–Crippen LogP) is 4.99. The van der Waals surface area contributed by atoms with Gasteiger partial charge in [0.15, 0.2) is 11.3 Å². The summed E-state index contributed by atoms with van der Waals surface area (Å²) in [6, 6.07) is 14.6. The number of halogens is 2. The van der Waals surface area contributed by atoms with Crippen LogP contribution in [0.4, 0.5) is 0 Å². The van der Waals surface area contributed by atoms with Crippen LogP contribution in [0.25, 0.3) is 0 Å². The van der Waals surface area contributed by atoms with E-state index in [9.17, 15) is 4.79 Å². The number of carbonyl (C=O) groups is 1. The van der Waals surface area contributed by atoms with Gasteiger partial charge in [-0.1, -0.05) is 80.4 Å². The molecular weight excluding hydrogens is 369 g/mol. The minimum Gasteiger partial charge on any atom is -0.296 e. The van der Waals surface area contributed by atoms with Gasteiger partial charge in [0.25, 0.3) is 0 Å². The Bertz CT molecular complexity index is 918. The lowest BCUT2D eigenvalue weighted by atomic mass is 9.70. The highest BCUT2D eigenvalue weighted by molar-refractivity contribution is 6.35. The number of hydrogen-bond donors (Lipinski definition) is 0. The molecule has 0 aliphatic carbocycles. The lowest BCUT2D eigenvalue weighted by Crippen LogP contribution is -2.50. The smallest absolute Gasteiger partial charge is 0.174 e. The molecule has 0 aliphatic heterocycles. The van der Waals surface area contributed by atoms with Gasteiger partial charge in [-0.15, -0.1) is 0 Å². The summed E-state index contributed by atoms with van der Waals surface area (Å²) in [7, 11) is 0. The molecule has 0 bridgehead atoms. The van der Waals surface area contributed by atoms with Crippen molar-refractivity contribution in [1.82, 2.24) is 14.8 Å². The van der Waals surface area contributed by atoms with E-state index in [-0.39, 0.29) is 5.78 Å². The van der Waals surface area contributed by atoms with Crippen molar-refractivity contribution in [3.63, 3.8) is 0 Å². The van der Waals surface area contributed by atoms with Crippen molar-refractivity contribution in [1.29, 1.82) is 0 Å². The summed E-state index contributed by atoms with van der Waals surface area (Å²) >= 11 is 12.7. The summed E-state index contributed by atoms with van der Waals surface area (Å²) in [4.78, 5) is 17.9. The van der Waals surface area contributed by atoms with Crippen molar-refractivity contribution in [3.05, 3.63) is 82.4 Å². The van der Waals surface area contributed by atoms with E-state index in [2.05, 4.69) is 10.1 Å². The summed E-state index contributed by atoms with van der Waals surface area (Å²) < 4.78 is 1.57. The number of hydrogen-bond acceptors (Lipinski definition) is 3. The molecule has 0 aliphatic rings. The first-order chi connectivity index (χ1) is 12.3. The Hall–Kier alpha value is -2.17. The van der Waals surface area contributed by atoms with E-state index < -0.39 is 11.0 Å². The highest BCUT2D eigenvalue weighted by Crippen LogP contribution is 2.43. The van der Waals surface area contributed by atoms with Crippen molar-refractivity contribution in [2.75, 3.05) is 0 Å². The van der Waals surface area contributed by atoms with Crippen molar-refractivity contribution < 1.29 is 4.79 Å². The molecule has 0 radical (unpaired) electrons. The van der Waals surface area contributed by atoms with E-state index in [4.69, 9.17) is 23.2 Å². The minimum atomic E-state index is -1.25. The molecule has 1 unspecified atom stereocenters. The number of benzene rings is 2. The number of ketones is 1. The molecular formula is C20H19Cl2N3O. The van der Waals surface area contributed by atoms with E-state index in [1.165, 1.54) is 6.33 Å². The maximum atomic E-state index is 13.8. The van der Waals surface area contributed by atoms with Gasteiger partial charge in [-0.2, -0.15) is 5.10 Å². The largest absolute Gasteiger partial charge is 0.296 e. The molecule has 0 saturated heterocycles. The Labute approximate surface area is 162 Å². The third-order valence-electron chi connectivity index (χ3n) is 4.28. The first-order valence-corrected chi connectivity index (χ1v) is 8.94. The zero-order valence-corrected chi connectivity index (χ0v) is 16.3. The quantitative estimate of drug-likeness (QED) is 0.633. The zero-order valence-electron chi connectivity index (χ0n) is 14.8. The molecule has 0 N–H and O–H groups in total. The van der Waals surface area contributed by atoms with Crippen LogP contribution in [0.1, 0.15) is 31.9 Å². The molecule has 0 fully saturated rings. The fraction of sp³-hybridized carbons (Fsp3) is 0.250. The van der Waals surface area contributed by atoms with Gasteiger partial charge in [-0.25, -0.2) is 9.67 Å². The van der Waals surface area contributed by atoms with Crippen LogP contribution < -0.4 is 0 Å². The molecule has 26 heavy (non-hydrogen) atoms. The van der Waals surface area contributed by atoms with E-state index in [0.717, 1.165) is 5.56 Å². The molecule has 1 atom stereocenters. The first kappa shape index (κ1) is 18.6. The van der Waals surface area contributed by atoms with E-state index in [1.54, 1.807) is 29.2 Å². The molecule has 0 spiro atoms. The lowest BCUT2D eigenvalue weighted by molar-refractivity contribution is -0.132. The van der Waals surface area contributed by atoms with Gasteiger partial charge in [0.2, 0.25) is 0 Å². The summed E-state index contributed by atoms with van der Waals surface area (Å²) in [5.74, 6) is -0.0501. The van der Waals surface area contributed by atoms with Gasteiger partial charge in [-0.3, -0.25) is 4.79 Å². The average molecular weight is 388 g/mol. The van der Waals surface area contributed by atoms with E-state index >= 15 is 0 Å². The molecule has 3 rings (SSSR count). The number of rotatable bonds is 4. The zero-order chi connectivity index (χ0) is 18.9. The molecule has 0 amide bonds. The topological polar surface area (TPSA) is 47.8 Å². The third-order valence-corrected chi connectivity index (χ3v) is 4.83. The predicted molar refractivity (Wildman–Crippen MR) is 104 cm³/mol. The van der Waals surface area contributed by atoms with Gasteiger partial charge in [0, 0.05) is 21.0 Å². The standard InChI is InChI=1S/C20H19Cl2N3O/c1-19(2,3)18(26)20(25-13-23-12-24-25,14-7-5-4-6-8-14)16-10-9-15(21)11-17(16)22/h4-13H,1-3H3. The average Bonchev–Trinajstić information content (AvgIpc) is 3.12. The molecule has 2 aromatic carbocycles. The van der Waals surface area contributed by atoms with Crippen LogP contribution in [0.3, 0.4) is 0 Å². The highest BCUT2D eigenvalue weighted by atomic mass is 35.5. The summed E-state index contributed by atoms with van der Waals surface area (Å²) in [5.41, 5.74) is -0.544. The van der Waals surface area contributed by atoms with Crippen molar-refractivity contribution >= 4 is 29.0 Å². The van der Waals surface area contributed by atoms with Gasteiger partial charge in [-0.05, 0) is 17.7 Å². The van der Waals surface area contributed by atoms with Crippen LogP contribution in [0, 0.1) is 5.41 Å². The Morgan fingerprint density at radius 2 is 1.73 bits per heavy atom. The molecule has 0 saturated carbocycles. The summed E-state index contributed by atoms with van der Waals surface area (Å²) in [5, 5.41) is 5.23. The van der Waals surface area contributed by atoms with Crippen LogP contribution in [0.5, 0.6) is 0 Å². The number of nitrogens with zero attached hydrogens (tertiary/aromatic N) is 3. The molecule has 1 heterocycles. The molecule has 134 valence electrons. The van der Waals surface area contributed by atoms with Crippen molar-refractivity contribution in [2.24, 2.45) is 5.41 Å². The summed E-state index contributed by atoms with van der Waals surface area (Å²) in [6.45, 7) is 5.65.